The fourth-order valence-corrected chi connectivity index (χ4v) is 4.75. The molecule has 2 heterocycles. The molecule has 3 N–H and O–H groups in total. The predicted molar refractivity (Wildman–Crippen MR) is 125 cm³/mol. The lowest BCUT2D eigenvalue weighted by molar-refractivity contribution is -0.149. The van der Waals surface area contributed by atoms with E-state index in [0.717, 1.165) is 22.3 Å². The zero-order chi connectivity index (χ0) is 24.4. The summed E-state index contributed by atoms with van der Waals surface area (Å²) in [6, 6.07) is 17.5. The first kappa shape index (κ1) is 22.7. The number of nitrogens with one attached hydrogen (secondary N) is 2. The van der Waals surface area contributed by atoms with E-state index < -0.39 is 24.1 Å². The van der Waals surface area contributed by atoms with Crippen molar-refractivity contribution < 1.29 is 33.4 Å². The lowest BCUT2D eigenvalue weighted by Gasteiger charge is -2.15. The molecule has 1 aliphatic heterocycles. The molecule has 1 fully saturated rings. The Balaban J connectivity index is 1.19. The molecule has 2 amide bonds. The van der Waals surface area contributed by atoms with Crippen LogP contribution in [0.1, 0.15) is 34.0 Å². The number of anilines is 1. The number of amides is 2. The molecule has 0 saturated carbocycles. The third kappa shape index (κ3) is 4.50. The number of ether oxygens (including phenoxy) is 2. The summed E-state index contributed by atoms with van der Waals surface area (Å²) in [5.41, 5.74) is 4.62. The van der Waals surface area contributed by atoms with E-state index >= 15 is 0 Å². The lowest BCUT2D eigenvalue weighted by Crippen LogP contribution is -2.36. The first-order chi connectivity index (χ1) is 17.0. The van der Waals surface area contributed by atoms with E-state index in [-0.39, 0.29) is 36.4 Å². The van der Waals surface area contributed by atoms with Gasteiger partial charge in [-0.2, -0.15) is 0 Å². The van der Waals surface area contributed by atoms with Crippen molar-refractivity contribution in [3.63, 3.8) is 0 Å². The third-order valence-electron chi connectivity index (χ3n) is 6.43. The molecule has 1 saturated heterocycles. The molecule has 180 valence electrons. The van der Waals surface area contributed by atoms with Crippen molar-refractivity contribution in [1.82, 2.24) is 5.32 Å². The number of hydrogen-bond donors (Lipinski definition) is 3. The van der Waals surface area contributed by atoms with Gasteiger partial charge in [-0.15, -0.1) is 0 Å². The molecule has 3 aromatic rings. The maximum atomic E-state index is 12.6. The largest absolute Gasteiger partial charge is 0.479 e. The number of carboxylic acid groups (broad SMARTS) is 1. The highest BCUT2D eigenvalue weighted by Gasteiger charge is 2.34. The van der Waals surface area contributed by atoms with Crippen molar-refractivity contribution in [3.8, 4) is 11.1 Å². The minimum absolute atomic E-state index is 0.0870. The van der Waals surface area contributed by atoms with Gasteiger partial charge in [-0.3, -0.25) is 10.1 Å². The van der Waals surface area contributed by atoms with Crippen LogP contribution in [0, 0.1) is 5.92 Å². The number of carbonyl (C=O) groups is 3. The van der Waals surface area contributed by atoms with Crippen LogP contribution in [-0.2, 0) is 14.3 Å². The number of benzene rings is 2. The number of furan rings is 1. The summed E-state index contributed by atoms with van der Waals surface area (Å²) in [6.45, 7) is 0.575. The second-order valence-electron chi connectivity index (χ2n) is 8.50. The van der Waals surface area contributed by atoms with Crippen LogP contribution in [0.15, 0.2) is 65.3 Å². The van der Waals surface area contributed by atoms with Crippen molar-refractivity contribution in [2.45, 2.75) is 18.4 Å². The normalized spacial score (nSPS) is 18.5. The van der Waals surface area contributed by atoms with Gasteiger partial charge in [0.15, 0.2) is 6.10 Å². The minimum Gasteiger partial charge on any atom is -0.479 e. The molecule has 35 heavy (non-hydrogen) atoms. The maximum absolute atomic E-state index is 12.6. The summed E-state index contributed by atoms with van der Waals surface area (Å²) in [7, 11) is 0. The predicted octanol–water partition coefficient (Wildman–Crippen LogP) is 3.86. The van der Waals surface area contributed by atoms with Crippen LogP contribution in [0.4, 0.5) is 10.5 Å². The lowest BCUT2D eigenvalue weighted by atomic mass is 9.98. The summed E-state index contributed by atoms with van der Waals surface area (Å²) in [5, 5.41) is 14.4. The highest BCUT2D eigenvalue weighted by molar-refractivity contribution is 6.00. The Morgan fingerprint density at radius 1 is 1.00 bits per heavy atom. The first-order valence-corrected chi connectivity index (χ1v) is 11.3. The number of rotatable bonds is 7. The van der Waals surface area contributed by atoms with E-state index in [2.05, 4.69) is 22.8 Å². The van der Waals surface area contributed by atoms with Crippen LogP contribution in [0.3, 0.4) is 0 Å². The average molecular weight is 476 g/mol. The minimum atomic E-state index is -1.06. The topological polar surface area (TPSA) is 127 Å². The summed E-state index contributed by atoms with van der Waals surface area (Å²) in [5.74, 6) is -2.15. The summed E-state index contributed by atoms with van der Waals surface area (Å²) >= 11 is 0. The summed E-state index contributed by atoms with van der Waals surface area (Å²) < 4.78 is 16.0. The molecule has 1 aromatic heterocycles. The Kier molecular flexibility index (Phi) is 6.24. The average Bonchev–Trinajstić information content (AvgIpc) is 3.59. The van der Waals surface area contributed by atoms with Crippen molar-refractivity contribution >= 4 is 23.7 Å². The molecular formula is C26H24N2O7. The fourth-order valence-electron chi connectivity index (χ4n) is 4.75. The molecule has 2 unspecified atom stereocenters. The second kappa shape index (κ2) is 9.63. The smallest absolute Gasteiger partial charge is 0.411 e. The van der Waals surface area contributed by atoms with E-state index in [1.807, 2.05) is 36.4 Å². The molecule has 9 nitrogen and oxygen atoms in total. The van der Waals surface area contributed by atoms with Gasteiger partial charge in [0.1, 0.15) is 6.61 Å². The highest BCUT2D eigenvalue weighted by Crippen LogP contribution is 2.44. The van der Waals surface area contributed by atoms with Gasteiger partial charge >= 0.3 is 12.1 Å². The standard InChI is InChI=1S/C26H24N2O7/c29-24(27-13-15-9-11-33-22(15)25(30)31)23-21(10-12-34-23)28-26(32)35-14-20-18-7-3-1-5-16(18)17-6-2-4-8-19(17)20/h1-8,10,12,15,20,22H,9,11,13-14H2,(H,27,29)(H,28,32)(H,30,31). The van der Waals surface area contributed by atoms with Crippen LogP contribution < -0.4 is 10.6 Å². The molecule has 0 bridgehead atoms. The maximum Gasteiger partial charge on any atom is 0.411 e. The number of carboxylic acids is 1. The Labute approximate surface area is 201 Å². The van der Waals surface area contributed by atoms with Crippen LogP contribution in [0.2, 0.25) is 0 Å². The Morgan fingerprint density at radius 3 is 2.37 bits per heavy atom. The summed E-state index contributed by atoms with van der Waals surface area (Å²) in [4.78, 5) is 36.4. The van der Waals surface area contributed by atoms with Gasteiger partial charge in [-0.25, -0.2) is 9.59 Å². The quantitative estimate of drug-likeness (QED) is 0.473. The van der Waals surface area contributed by atoms with E-state index in [9.17, 15) is 19.5 Å². The third-order valence-corrected chi connectivity index (χ3v) is 6.43. The Bertz CT molecular complexity index is 1220. The summed E-state index contributed by atoms with van der Waals surface area (Å²) in [6.07, 6.45) is 0.148. The van der Waals surface area contributed by atoms with Crippen LogP contribution in [0.25, 0.3) is 11.1 Å². The van der Waals surface area contributed by atoms with E-state index in [4.69, 9.17) is 13.9 Å². The molecule has 2 atom stereocenters. The molecule has 2 aromatic carbocycles. The van der Waals surface area contributed by atoms with Crippen molar-refractivity contribution in [1.29, 1.82) is 0 Å². The van der Waals surface area contributed by atoms with Gasteiger partial charge in [0.25, 0.3) is 5.91 Å². The molecule has 0 radical (unpaired) electrons. The second-order valence-corrected chi connectivity index (χ2v) is 8.50. The molecule has 1 aliphatic carbocycles. The first-order valence-electron chi connectivity index (χ1n) is 11.3. The highest BCUT2D eigenvalue weighted by atomic mass is 16.5. The Morgan fingerprint density at radius 2 is 1.69 bits per heavy atom. The zero-order valence-electron chi connectivity index (χ0n) is 18.7. The fraction of sp³-hybridized carbons (Fsp3) is 0.269. The molecule has 9 heteroatoms. The van der Waals surface area contributed by atoms with Crippen molar-refractivity contribution in [3.05, 3.63) is 77.7 Å². The van der Waals surface area contributed by atoms with E-state index in [1.54, 1.807) is 0 Å². The van der Waals surface area contributed by atoms with Gasteiger partial charge in [0.05, 0.1) is 12.0 Å². The van der Waals surface area contributed by atoms with Gasteiger partial charge in [-0.05, 0) is 28.7 Å². The molecular weight excluding hydrogens is 452 g/mol. The molecule has 2 aliphatic rings. The van der Waals surface area contributed by atoms with Crippen LogP contribution >= 0.6 is 0 Å². The molecule has 0 spiro atoms. The van der Waals surface area contributed by atoms with Gasteiger partial charge < -0.3 is 24.3 Å². The molecule has 5 rings (SSSR count). The van der Waals surface area contributed by atoms with Crippen molar-refractivity contribution in [2.75, 3.05) is 25.1 Å². The zero-order valence-corrected chi connectivity index (χ0v) is 18.7. The number of carbonyl (C=O) groups excluding carboxylic acids is 2. The van der Waals surface area contributed by atoms with Crippen molar-refractivity contribution in [2.24, 2.45) is 5.92 Å². The number of fused-ring (bicyclic) bond motifs is 3. The SMILES string of the molecule is O=C(Nc1ccoc1C(=O)NCC1CCOC1C(=O)O)OCC1c2ccccc2-c2ccccc21. The number of aliphatic carboxylic acids is 1. The monoisotopic (exact) mass is 476 g/mol. The Hall–Kier alpha value is -4.11. The van der Waals surface area contributed by atoms with Crippen LogP contribution in [0.5, 0.6) is 0 Å². The number of hydrogen-bond acceptors (Lipinski definition) is 6. The van der Waals surface area contributed by atoms with Gasteiger partial charge in [0.2, 0.25) is 5.76 Å². The van der Waals surface area contributed by atoms with E-state index in [1.165, 1.54) is 12.3 Å². The van der Waals surface area contributed by atoms with Crippen LogP contribution in [-0.4, -0.2) is 48.9 Å². The van der Waals surface area contributed by atoms with Gasteiger partial charge in [0, 0.05) is 31.1 Å². The van der Waals surface area contributed by atoms with E-state index in [0.29, 0.717) is 13.0 Å². The van der Waals surface area contributed by atoms with Gasteiger partial charge in [-0.1, -0.05) is 48.5 Å².